The maximum atomic E-state index is 12.7. The first-order valence-corrected chi connectivity index (χ1v) is 6.93. The van der Waals surface area contributed by atoms with Crippen molar-refractivity contribution in [2.45, 2.75) is 26.2 Å². The molecule has 1 fully saturated rings. The third-order valence-electron chi connectivity index (χ3n) is 3.77. The van der Waals surface area contributed by atoms with E-state index in [4.69, 9.17) is 9.15 Å². The summed E-state index contributed by atoms with van der Waals surface area (Å²) in [5.74, 6) is 0.971. The zero-order chi connectivity index (χ0) is 13.2. The topological polar surface area (TPSA) is 39.4 Å². The van der Waals surface area contributed by atoms with Crippen LogP contribution in [0.5, 0.6) is 0 Å². The summed E-state index contributed by atoms with van der Waals surface area (Å²) in [5.41, 5.74) is 1.58. The highest BCUT2D eigenvalue weighted by molar-refractivity contribution is 6.09. The average Bonchev–Trinajstić information content (AvgIpc) is 2.86. The number of ketones is 1. The Labute approximate surface area is 112 Å². The molecule has 100 valence electrons. The van der Waals surface area contributed by atoms with Crippen LogP contribution >= 0.6 is 0 Å². The van der Waals surface area contributed by atoms with E-state index in [9.17, 15) is 4.79 Å². The molecule has 1 aliphatic rings. The van der Waals surface area contributed by atoms with Crippen molar-refractivity contribution in [3.63, 3.8) is 0 Å². The smallest absolute Gasteiger partial charge is 0.172 e. The van der Waals surface area contributed by atoms with Gasteiger partial charge in [0, 0.05) is 24.3 Å². The highest BCUT2D eigenvalue weighted by Crippen LogP contribution is 2.30. The van der Waals surface area contributed by atoms with Crippen LogP contribution in [0.25, 0.3) is 11.0 Å². The number of Topliss-reactive ketones (excluding diaryl/α,β-unsaturated/α-hetero) is 1. The maximum Gasteiger partial charge on any atom is 0.172 e. The number of rotatable bonds is 3. The van der Waals surface area contributed by atoms with Gasteiger partial charge in [-0.3, -0.25) is 4.79 Å². The second-order valence-electron chi connectivity index (χ2n) is 5.03. The van der Waals surface area contributed by atoms with E-state index in [-0.39, 0.29) is 11.7 Å². The Morgan fingerprint density at radius 1 is 1.37 bits per heavy atom. The van der Waals surface area contributed by atoms with Crippen molar-refractivity contribution in [3.8, 4) is 0 Å². The van der Waals surface area contributed by atoms with E-state index < -0.39 is 0 Å². The fourth-order valence-electron chi connectivity index (χ4n) is 2.77. The molecule has 0 aliphatic carbocycles. The van der Waals surface area contributed by atoms with E-state index in [1.807, 2.05) is 31.2 Å². The van der Waals surface area contributed by atoms with Crippen LogP contribution in [0, 0.1) is 5.92 Å². The van der Waals surface area contributed by atoms with Crippen molar-refractivity contribution >= 4 is 16.8 Å². The van der Waals surface area contributed by atoms with Crippen molar-refractivity contribution in [1.82, 2.24) is 0 Å². The lowest BCUT2D eigenvalue weighted by molar-refractivity contribution is 0.0461. The minimum absolute atomic E-state index is 0.0138. The zero-order valence-corrected chi connectivity index (χ0v) is 11.1. The molecule has 1 aromatic carbocycles. The van der Waals surface area contributed by atoms with Crippen molar-refractivity contribution in [3.05, 3.63) is 35.6 Å². The number of furan rings is 1. The summed E-state index contributed by atoms with van der Waals surface area (Å²) >= 11 is 0. The molecule has 1 aromatic heterocycles. The van der Waals surface area contributed by atoms with Gasteiger partial charge in [0.15, 0.2) is 5.78 Å². The normalized spacial score (nSPS) is 19.7. The number of aryl methyl sites for hydroxylation is 1. The molecule has 0 spiro atoms. The molecule has 0 N–H and O–H groups in total. The van der Waals surface area contributed by atoms with Gasteiger partial charge >= 0.3 is 0 Å². The predicted molar refractivity (Wildman–Crippen MR) is 73.5 cm³/mol. The quantitative estimate of drug-likeness (QED) is 0.789. The SMILES string of the molecule is CCc1oc2ccccc2c1C(=O)C1CCCOC1. The fourth-order valence-corrected chi connectivity index (χ4v) is 2.77. The molecule has 1 unspecified atom stereocenters. The monoisotopic (exact) mass is 258 g/mol. The van der Waals surface area contributed by atoms with E-state index in [1.165, 1.54) is 0 Å². The molecule has 1 saturated heterocycles. The second-order valence-corrected chi connectivity index (χ2v) is 5.03. The van der Waals surface area contributed by atoms with E-state index >= 15 is 0 Å². The Balaban J connectivity index is 2.04. The van der Waals surface area contributed by atoms with Gasteiger partial charge in [-0.2, -0.15) is 0 Å². The molecule has 0 radical (unpaired) electrons. The molecule has 0 bridgehead atoms. The highest BCUT2D eigenvalue weighted by Gasteiger charge is 2.28. The van der Waals surface area contributed by atoms with E-state index in [0.717, 1.165) is 48.2 Å². The molecule has 2 aromatic rings. The van der Waals surface area contributed by atoms with Crippen LogP contribution in [-0.2, 0) is 11.2 Å². The minimum atomic E-state index is -0.0138. The van der Waals surface area contributed by atoms with Crippen LogP contribution < -0.4 is 0 Å². The first kappa shape index (κ1) is 12.4. The van der Waals surface area contributed by atoms with Crippen molar-refractivity contribution in [2.75, 3.05) is 13.2 Å². The number of benzene rings is 1. The van der Waals surface area contributed by atoms with Gasteiger partial charge in [0.2, 0.25) is 0 Å². The van der Waals surface area contributed by atoms with Crippen molar-refractivity contribution in [2.24, 2.45) is 5.92 Å². The molecule has 0 amide bonds. The summed E-state index contributed by atoms with van der Waals surface area (Å²) in [4.78, 5) is 12.7. The van der Waals surface area contributed by atoms with Gasteiger partial charge in [0.25, 0.3) is 0 Å². The number of ether oxygens (including phenoxy) is 1. The predicted octanol–water partition coefficient (Wildman–Crippen LogP) is 3.60. The first-order chi connectivity index (χ1) is 9.31. The zero-order valence-electron chi connectivity index (χ0n) is 11.1. The minimum Gasteiger partial charge on any atom is -0.460 e. The summed E-state index contributed by atoms with van der Waals surface area (Å²) < 4.78 is 11.2. The molecule has 1 aliphatic heterocycles. The maximum absolute atomic E-state index is 12.7. The van der Waals surface area contributed by atoms with Crippen LogP contribution in [0.2, 0.25) is 0 Å². The lowest BCUT2D eigenvalue weighted by Crippen LogP contribution is -2.25. The summed E-state index contributed by atoms with van der Waals surface area (Å²) in [6.45, 7) is 3.34. The summed E-state index contributed by atoms with van der Waals surface area (Å²) in [6.07, 6.45) is 2.62. The van der Waals surface area contributed by atoms with E-state index in [2.05, 4.69) is 0 Å². The van der Waals surface area contributed by atoms with Crippen LogP contribution in [0.15, 0.2) is 28.7 Å². The van der Waals surface area contributed by atoms with Crippen molar-refractivity contribution < 1.29 is 13.9 Å². The average molecular weight is 258 g/mol. The van der Waals surface area contributed by atoms with Crippen LogP contribution in [0.3, 0.4) is 0 Å². The Kier molecular flexibility index (Phi) is 3.38. The molecule has 3 heteroatoms. The standard InChI is InChI=1S/C16H18O3/c1-2-13-15(12-7-3-4-8-14(12)19-13)16(17)11-6-5-9-18-10-11/h3-4,7-8,11H,2,5-6,9-10H2,1H3. The third kappa shape index (κ3) is 2.19. The molecule has 3 nitrogen and oxygen atoms in total. The second kappa shape index (κ2) is 5.17. The Morgan fingerprint density at radius 2 is 2.21 bits per heavy atom. The van der Waals surface area contributed by atoms with Crippen molar-refractivity contribution in [1.29, 1.82) is 0 Å². The van der Waals surface area contributed by atoms with Gasteiger partial charge in [-0.15, -0.1) is 0 Å². The van der Waals surface area contributed by atoms with Gasteiger partial charge in [0.1, 0.15) is 11.3 Å². The number of carbonyl (C=O) groups is 1. The number of para-hydroxylation sites is 1. The lowest BCUT2D eigenvalue weighted by atomic mass is 9.91. The van der Waals surface area contributed by atoms with E-state index in [1.54, 1.807) is 0 Å². The molecule has 3 rings (SSSR count). The number of hydrogen-bond donors (Lipinski definition) is 0. The van der Waals surface area contributed by atoms with Crippen LogP contribution in [-0.4, -0.2) is 19.0 Å². The van der Waals surface area contributed by atoms with Crippen LogP contribution in [0.4, 0.5) is 0 Å². The highest BCUT2D eigenvalue weighted by atomic mass is 16.5. The third-order valence-corrected chi connectivity index (χ3v) is 3.77. The van der Waals surface area contributed by atoms with Gasteiger partial charge < -0.3 is 9.15 Å². The Hall–Kier alpha value is -1.61. The van der Waals surface area contributed by atoms with Gasteiger partial charge in [-0.05, 0) is 18.9 Å². The molecule has 0 saturated carbocycles. The fraction of sp³-hybridized carbons (Fsp3) is 0.438. The van der Waals surface area contributed by atoms with Crippen LogP contribution in [0.1, 0.15) is 35.9 Å². The Bertz CT molecular complexity index is 591. The molecular formula is C16H18O3. The number of fused-ring (bicyclic) bond motifs is 1. The first-order valence-electron chi connectivity index (χ1n) is 6.93. The van der Waals surface area contributed by atoms with Gasteiger partial charge in [0.05, 0.1) is 12.2 Å². The molecule has 19 heavy (non-hydrogen) atoms. The summed E-state index contributed by atoms with van der Waals surface area (Å²) in [7, 11) is 0. The molecular weight excluding hydrogens is 240 g/mol. The summed E-state index contributed by atoms with van der Waals surface area (Å²) in [6, 6.07) is 7.77. The molecule has 1 atom stereocenters. The summed E-state index contributed by atoms with van der Waals surface area (Å²) in [5, 5.41) is 0.940. The Morgan fingerprint density at radius 3 is 2.95 bits per heavy atom. The van der Waals surface area contributed by atoms with Gasteiger partial charge in [-0.1, -0.05) is 25.1 Å². The van der Waals surface area contributed by atoms with Gasteiger partial charge in [-0.25, -0.2) is 0 Å². The lowest BCUT2D eigenvalue weighted by Gasteiger charge is -2.20. The largest absolute Gasteiger partial charge is 0.460 e. The van der Waals surface area contributed by atoms with E-state index in [0.29, 0.717) is 6.61 Å². The number of hydrogen-bond acceptors (Lipinski definition) is 3. The number of carbonyl (C=O) groups excluding carboxylic acids is 1. The molecule has 2 heterocycles.